The molecule has 1 spiro atoms. The Labute approximate surface area is 120 Å². The molecule has 0 radical (unpaired) electrons. The summed E-state index contributed by atoms with van der Waals surface area (Å²) in [5, 5.41) is 0. The molecule has 2 saturated heterocycles. The van der Waals surface area contributed by atoms with Crippen LogP contribution in [0.4, 0.5) is 0 Å². The minimum Gasteiger partial charge on any atom is -0.327 e. The summed E-state index contributed by atoms with van der Waals surface area (Å²) < 4.78 is 18.4. The average Bonchev–Trinajstić information content (AvgIpc) is 2.79. The Hall–Kier alpha value is -0.900. The SMILES string of the molecule is c1ccc(CCC23OCC4CCCCC4(CO2)O3)cc1. The van der Waals surface area contributed by atoms with Crippen LogP contribution in [-0.4, -0.2) is 24.8 Å². The molecule has 20 heavy (non-hydrogen) atoms. The fourth-order valence-corrected chi connectivity index (χ4v) is 3.88. The van der Waals surface area contributed by atoms with E-state index in [9.17, 15) is 0 Å². The van der Waals surface area contributed by atoms with Crippen molar-refractivity contribution >= 4 is 0 Å². The van der Waals surface area contributed by atoms with Crippen LogP contribution in [0, 0.1) is 5.92 Å². The predicted octanol–water partition coefficient (Wildman–Crippen LogP) is 3.28. The molecule has 1 aromatic carbocycles. The van der Waals surface area contributed by atoms with Gasteiger partial charge in [0.2, 0.25) is 0 Å². The van der Waals surface area contributed by atoms with Gasteiger partial charge in [-0.15, -0.1) is 0 Å². The lowest BCUT2D eigenvalue weighted by atomic mass is 9.76. The summed E-state index contributed by atoms with van der Waals surface area (Å²) in [7, 11) is 0. The van der Waals surface area contributed by atoms with Gasteiger partial charge >= 0.3 is 0 Å². The molecule has 3 aliphatic rings. The fourth-order valence-electron chi connectivity index (χ4n) is 3.88. The van der Waals surface area contributed by atoms with E-state index in [0.717, 1.165) is 25.9 Å². The zero-order valence-corrected chi connectivity index (χ0v) is 11.8. The first kappa shape index (κ1) is 12.8. The number of ether oxygens (including phenoxy) is 3. The highest BCUT2D eigenvalue weighted by molar-refractivity contribution is 5.15. The highest BCUT2D eigenvalue weighted by Crippen LogP contribution is 2.50. The predicted molar refractivity (Wildman–Crippen MR) is 75.2 cm³/mol. The monoisotopic (exact) mass is 274 g/mol. The minimum atomic E-state index is -0.774. The van der Waals surface area contributed by atoms with E-state index in [4.69, 9.17) is 14.2 Å². The lowest BCUT2D eigenvalue weighted by molar-refractivity contribution is -0.385. The molecule has 2 aliphatic heterocycles. The maximum atomic E-state index is 6.35. The van der Waals surface area contributed by atoms with Crippen molar-refractivity contribution in [3.8, 4) is 0 Å². The Morgan fingerprint density at radius 1 is 1.10 bits per heavy atom. The molecule has 1 aliphatic carbocycles. The van der Waals surface area contributed by atoms with Gasteiger partial charge < -0.3 is 14.2 Å². The largest absolute Gasteiger partial charge is 0.327 e. The van der Waals surface area contributed by atoms with Gasteiger partial charge in [0.25, 0.3) is 5.97 Å². The lowest BCUT2D eigenvalue weighted by Gasteiger charge is -2.45. The van der Waals surface area contributed by atoms with Crippen molar-refractivity contribution in [3.05, 3.63) is 35.9 Å². The van der Waals surface area contributed by atoms with E-state index in [1.807, 2.05) is 6.07 Å². The second kappa shape index (κ2) is 4.83. The third kappa shape index (κ3) is 2.09. The zero-order valence-electron chi connectivity index (χ0n) is 11.8. The molecule has 2 heterocycles. The van der Waals surface area contributed by atoms with Gasteiger partial charge in [-0.25, -0.2) is 0 Å². The second-order valence-electron chi connectivity index (χ2n) is 6.38. The number of rotatable bonds is 3. The maximum Gasteiger partial charge on any atom is 0.283 e. The average molecular weight is 274 g/mol. The van der Waals surface area contributed by atoms with E-state index in [1.165, 1.54) is 24.8 Å². The summed E-state index contributed by atoms with van der Waals surface area (Å²) in [6.07, 6.45) is 6.63. The van der Waals surface area contributed by atoms with Crippen molar-refractivity contribution in [1.29, 1.82) is 0 Å². The van der Waals surface area contributed by atoms with Crippen molar-refractivity contribution in [2.24, 2.45) is 5.92 Å². The molecular weight excluding hydrogens is 252 g/mol. The fraction of sp³-hybridized carbons (Fsp3) is 0.647. The summed E-state index contributed by atoms with van der Waals surface area (Å²) in [5.41, 5.74) is 1.26. The minimum absolute atomic E-state index is 0.0484. The normalized spacial score (nSPS) is 39.5. The molecule has 1 saturated carbocycles. The van der Waals surface area contributed by atoms with E-state index in [-0.39, 0.29) is 5.60 Å². The van der Waals surface area contributed by atoms with Gasteiger partial charge in [-0.3, -0.25) is 0 Å². The van der Waals surface area contributed by atoms with Crippen LogP contribution in [0.2, 0.25) is 0 Å². The number of benzene rings is 1. The molecular formula is C17H22O3. The molecule has 3 fully saturated rings. The summed E-state index contributed by atoms with van der Waals surface area (Å²) in [4.78, 5) is 0. The van der Waals surface area contributed by atoms with Gasteiger partial charge in [-0.2, -0.15) is 0 Å². The highest BCUT2D eigenvalue weighted by Gasteiger charge is 2.59. The van der Waals surface area contributed by atoms with E-state index >= 15 is 0 Å². The molecule has 0 amide bonds. The smallest absolute Gasteiger partial charge is 0.283 e. The molecule has 0 aromatic heterocycles. The van der Waals surface area contributed by atoms with Crippen molar-refractivity contribution < 1.29 is 14.2 Å². The lowest BCUT2D eigenvalue weighted by Crippen LogP contribution is -2.52. The first-order chi connectivity index (χ1) is 9.80. The van der Waals surface area contributed by atoms with Crippen LogP contribution in [0.3, 0.4) is 0 Å². The molecule has 3 atom stereocenters. The maximum absolute atomic E-state index is 6.35. The first-order valence-corrected chi connectivity index (χ1v) is 7.82. The quantitative estimate of drug-likeness (QED) is 0.846. The van der Waals surface area contributed by atoms with E-state index in [2.05, 4.69) is 24.3 Å². The van der Waals surface area contributed by atoms with Crippen molar-refractivity contribution in [2.75, 3.05) is 13.2 Å². The Balaban J connectivity index is 1.47. The molecule has 4 rings (SSSR count). The van der Waals surface area contributed by atoms with Crippen molar-refractivity contribution in [2.45, 2.75) is 50.1 Å². The summed E-state index contributed by atoms with van der Waals surface area (Å²) in [6.45, 7) is 1.52. The molecule has 108 valence electrons. The molecule has 3 unspecified atom stereocenters. The van der Waals surface area contributed by atoms with Crippen LogP contribution < -0.4 is 0 Å². The third-order valence-electron chi connectivity index (χ3n) is 5.11. The number of hydrogen-bond donors (Lipinski definition) is 0. The van der Waals surface area contributed by atoms with E-state index in [1.54, 1.807) is 0 Å². The molecule has 2 bridgehead atoms. The van der Waals surface area contributed by atoms with Crippen LogP contribution in [-0.2, 0) is 20.6 Å². The number of fused-ring (bicyclic) bond motifs is 1. The molecule has 3 heteroatoms. The second-order valence-corrected chi connectivity index (χ2v) is 6.38. The van der Waals surface area contributed by atoms with Crippen molar-refractivity contribution in [1.82, 2.24) is 0 Å². The van der Waals surface area contributed by atoms with Gasteiger partial charge in [0.1, 0.15) is 5.60 Å². The van der Waals surface area contributed by atoms with Gasteiger partial charge in [0, 0.05) is 12.3 Å². The number of aryl methyl sites for hydroxylation is 1. The van der Waals surface area contributed by atoms with Gasteiger partial charge in [-0.05, 0) is 24.8 Å². The number of hydrogen-bond acceptors (Lipinski definition) is 3. The Morgan fingerprint density at radius 2 is 2.00 bits per heavy atom. The molecule has 0 N–H and O–H groups in total. The third-order valence-corrected chi connectivity index (χ3v) is 5.11. The summed E-state index contributed by atoms with van der Waals surface area (Å²) in [5.74, 6) is -0.243. The standard InChI is InChI=1S/C17H22O3/c1-2-6-14(7-3-1)9-11-17-18-12-15-8-4-5-10-16(15,20-17)13-19-17/h1-3,6-7,15H,4-5,8-13H2. The summed E-state index contributed by atoms with van der Waals surface area (Å²) in [6, 6.07) is 10.5. The van der Waals surface area contributed by atoms with Crippen molar-refractivity contribution in [3.63, 3.8) is 0 Å². The van der Waals surface area contributed by atoms with Crippen LogP contribution in [0.1, 0.15) is 37.7 Å². The first-order valence-electron chi connectivity index (χ1n) is 7.82. The van der Waals surface area contributed by atoms with E-state index < -0.39 is 5.97 Å². The molecule has 3 nitrogen and oxygen atoms in total. The van der Waals surface area contributed by atoms with Crippen LogP contribution in [0.25, 0.3) is 0 Å². The van der Waals surface area contributed by atoms with Gasteiger partial charge in [0.05, 0.1) is 13.2 Å². The summed E-state index contributed by atoms with van der Waals surface area (Å²) >= 11 is 0. The van der Waals surface area contributed by atoms with Crippen LogP contribution >= 0.6 is 0 Å². The zero-order chi connectivity index (χ0) is 13.5. The van der Waals surface area contributed by atoms with Gasteiger partial charge in [0.15, 0.2) is 0 Å². The Morgan fingerprint density at radius 3 is 2.90 bits per heavy atom. The Kier molecular flexibility index (Phi) is 3.09. The molecule has 1 aromatic rings. The van der Waals surface area contributed by atoms with E-state index in [0.29, 0.717) is 12.5 Å². The Bertz CT molecular complexity index is 470. The topological polar surface area (TPSA) is 27.7 Å². The highest BCUT2D eigenvalue weighted by atomic mass is 16.9. The van der Waals surface area contributed by atoms with Crippen LogP contribution in [0.5, 0.6) is 0 Å². The van der Waals surface area contributed by atoms with Gasteiger partial charge in [-0.1, -0.05) is 43.2 Å². The van der Waals surface area contributed by atoms with Crippen LogP contribution in [0.15, 0.2) is 30.3 Å².